The van der Waals surface area contributed by atoms with E-state index in [1.807, 2.05) is 0 Å². The molecule has 1 aromatic heterocycles. The van der Waals surface area contributed by atoms with E-state index in [-0.39, 0.29) is 6.61 Å². The lowest BCUT2D eigenvalue weighted by Gasteiger charge is -2.56. The van der Waals surface area contributed by atoms with Crippen LogP contribution in [0.5, 0.6) is 0 Å². The van der Waals surface area contributed by atoms with Gasteiger partial charge in [0.05, 0.1) is 0 Å². The van der Waals surface area contributed by atoms with Crippen LogP contribution in [-0.2, 0) is 17.3 Å². The molecule has 1 N–H and O–H groups in total. The molecule has 5 rings (SSSR count). The molecule has 4 saturated carbocycles. The predicted molar refractivity (Wildman–Crippen MR) is 94.3 cm³/mol. The van der Waals surface area contributed by atoms with Gasteiger partial charge in [0.25, 0.3) is 0 Å². The summed E-state index contributed by atoms with van der Waals surface area (Å²) < 4.78 is 33.8. The van der Waals surface area contributed by atoms with E-state index in [1.54, 1.807) is 11.8 Å². The molecule has 158 valence electrons. The second kappa shape index (κ2) is 8.22. The third-order valence-corrected chi connectivity index (χ3v) is 7.22. The average Bonchev–Trinajstić information content (AvgIpc) is 2.95. The summed E-state index contributed by atoms with van der Waals surface area (Å²) in [5, 5.41) is 27.8. The number of aliphatic hydroxyl groups is 1. The highest BCUT2D eigenvalue weighted by Crippen LogP contribution is 2.60. The van der Waals surface area contributed by atoms with E-state index in [4.69, 9.17) is 15.0 Å². The number of rotatable bonds is 5. The normalized spacial score (nSPS) is 30.8. The van der Waals surface area contributed by atoms with Crippen molar-refractivity contribution in [1.82, 2.24) is 14.8 Å². The Morgan fingerprint density at radius 1 is 1.21 bits per heavy atom. The first-order valence-electron chi connectivity index (χ1n) is 9.56. The molecular weight excluding hydrogens is 395 g/mol. The van der Waals surface area contributed by atoms with Gasteiger partial charge in [-0.25, -0.2) is 0 Å². The van der Waals surface area contributed by atoms with Crippen LogP contribution in [0, 0.1) is 17.8 Å². The minimum atomic E-state index is -5.19. The molecule has 0 saturated heterocycles. The number of aliphatic hydroxyl groups excluding tert-OH is 1. The second-order valence-electron chi connectivity index (χ2n) is 8.27. The van der Waals surface area contributed by atoms with Gasteiger partial charge in [0, 0.05) is 24.8 Å². The Kier molecular flexibility index (Phi) is 6.29. The van der Waals surface area contributed by atoms with Crippen molar-refractivity contribution >= 4 is 17.7 Å². The van der Waals surface area contributed by atoms with Crippen LogP contribution in [0.1, 0.15) is 50.8 Å². The fourth-order valence-corrected chi connectivity index (χ4v) is 6.35. The number of hydrogen-bond acceptors (Lipinski definition) is 6. The van der Waals surface area contributed by atoms with Crippen LogP contribution < -0.4 is 5.11 Å². The monoisotopic (exact) mass is 420 g/mol. The minimum Gasteiger partial charge on any atom is -0.542 e. The van der Waals surface area contributed by atoms with Crippen molar-refractivity contribution in [2.24, 2.45) is 24.8 Å². The van der Waals surface area contributed by atoms with Gasteiger partial charge in [0.2, 0.25) is 0 Å². The standard InChI is InChI=1S/C16H25N3OS.C2HF3O2/c1-19-14(17-18-15(19)21-4-2-3-20)16-8-11-5-12(9-16)7-13(6-11)10-16;3-2(4,5)1(6)7/h11-13,20H,2-10H2,1H3;(H,6,7)/p-1. The first-order chi connectivity index (χ1) is 13.1. The number of aliphatic carboxylic acids is 1. The molecule has 0 radical (unpaired) electrons. The van der Waals surface area contributed by atoms with Gasteiger partial charge < -0.3 is 19.6 Å². The van der Waals surface area contributed by atoms with Gasteiger partial charge in [0.1, 0.15) is 11.8 Å². The van der Waals surface area contributed by atoms with Crippen LogP contribution in [0.2, 0.25) is 0 Å². The Morgan fingerprint density at radius 2 is 1.71 bits per heavy atom. The lowest BCUT2D eigenvalue weighted by molar-refractivity contribution is -0.344. The van der Waals surface area contributed by atoms with Crippen LogP contribution in [0.4, 0.5) is 13.2 Å². The maximum atomic E-state index is 10.5. The maximum Gasteiger partial charge on any atom is 0.430 e. The van der Waals surface area contributed by atoms with Crippen LogP contribution in [0.3, 0.4) is 0 Å². The number of carbonyl (C=O) groups excluding carboxylic acids is 1. The predicted octanol–water partition coefficient (Wildman–Crippen LogP) is 2.06. The topological polar surface area (TPSA) is 91.1 Å². The van der Waals surface area contributed by atoms with Crippen LogP contribution in [0.25, 0.3) is 0 Å². The van der Waals surface area contributed by atoms with E-state index in [2.05, 4.69) is 21.8 Å². The fourth-order valence-electron chi connectivity index (χ4n) is 5.51. The van der Waals surface area contributed by atoms with E-state index in [0.717, 1.165) is 35.1 Å². The van der Waals surface area contributed by atoms with Gasteiger partial charge in [-0.3, -0.25) is 0 Å². The highest BCUT2D eigenvalue weighted by atomic mass is 32.2. The van der Waals surface area contributed by atoms with E-state index < -0.39 is 12.1 Å². The zero-order valence-electron chi connectivity index (χ0n) is 15.7. The number of carboxylic acid groups (broad SMARTS) is 1. The van der Waals surface area contributed by atoms with Gasteiger partial charge >= 0.3 is 6.18 Å². The number of alkyl halides is 3. The molecule has 1 heterocycles. The summed E-state index contributed by atoms with van der Waals surface area (Å²) in [6, 6.07) is 0. The van der Waals surface area contributed by atoms with Crippen molar-refractivity contribution < 1.29 is 28.2 Å². The Hall–Kier alpha value is -1.29. The first kappa shape index (κ1) is 21.4. The Balaban J connectivity index is 0.000000279. The molecule has 4 bridgehead atoms. The molecule has 0 unspecified atom stereocenters. The molecule has 0 spiro atoms. The van der Waals surface area contributed by atoms with Crippen molar-refractivity contribution in [3.8, 4) is 0 Å². The summed E-state index contributed by atoms with van der Waals surface area (Å²) in [6.07, 6.45) is 4.05. The summed E-state index contributed by atoms with van der Waals surface area (Å²) in [5.74, 6) is 1.99. The van der Waals surface area contributed by atoms with E-state index in [0.29, 0.717) is 5.41 Å². The number of halogens is 3. The smallest absolute Gasteiger partial charge is 0.430 e. The van der Waals surface area contributed by atoms with Crippen molar-refractivity contribution in [3.05, 3.63) is 5.82 Å². The molecule has 4 aliphatic carbocycles. The minimum absolute atomic E-state index is 0.257. The van der Waals surface area contributed by atoms with Crippen molar-refractivity contribution in [3.63, 3.8) is 0 Å². The zero-order valence-corrected chi connectivity index (χ0v) is 16.6. The van der Waals surface area contributed by atoms with Crippen LogP contribution in [-0.4, -0.2) is 44.4 Å². The third kappa shape index (κ3) is 4.48. The van der Waals surface area contributed by atoms with Crippen LogP contribution >= 0.6 is 11.8 Å². The summed E-state index contributed by atoms with van der Waals surface area (Å²) in [4.78, 5) is 8.78. The average molecular weight is 420 g/mol. The lowest BCUT2D eigenvalue weighted by Crippen LogP contribution is -2.49. The van der Waals surface area contributed by atoms with Gasteiger partial charge in [-0.15, -0.1) is 10.2 Å². The van der Waals surface area contributed by atoms with Gasteiger partial charge in [-0.2, -0.15) is 13.2 Å². The summed E-state index contributed by atoms with van der Waals surface area (Å²) >= 11 is 1.73. The third-order valence-electron chi connectivity index (χ3n) is 6.11. The van der Waals surface area contributed by atoms with E-state index in [9.17, 15) is 13.2 Å². The molecule has 10 heteroatoms. The van der Waals surface area contributed by atoms with E-state index in [1.165, 1.54) is 44.3 Å². The molecule has 6 nitrogen and oxygen atoms in total. The molecule has 0 amide bonds. The number of aromatic nitrogens is 3. The highest BCUT2D eigenvalue weighted by molar-refractivity contribution is 7.99. The van der Waals surface area contributed by atoms with Crippen molar-refractivity contribution in [2.75, 3.05) is 12.4 Å². The first-order valence-corrected chi connectivity index (χ1v) is 10.5. The van der Waals surface area contributed by atoms with Crippen LogP contribution in [0.15, 0.2) is 5.16 Å². The number of nitrogens with zero attached hydrogens (tertiary/aromatic N) is 3. The number of carboxylic acids is 1. The van der Waals surface area contributed by atoms with E-state index >= 15 is 0 Å². The molecule has 0 aliphatic heterocycles. The quantitative estimate of drug-likeness (QED) is 0.579. The summed E-state index contributed by atoms with van der Waals surface area (Å²) in [7, 11) is 2.13. The number of carbonyl (C=O) groups is 1. The Bertz CT molecular complexity index is 673. The largest absolute Gasteiger partial charge is 0.542 e. The maximum absolute atomic E-state index is 10.5. The van der Waals surface area contributed by atoms with Gasteiger partial charge in [-0.05, 0) is 62.7 Å². The highest BCUT2D eigenvalue weighted by Gasteiger charge is 2.53. The number of thioether (sulfide) groups is 1. The molecule has 0 aromatic carbocycles. The Labute approximate surface area is 165 Å². The lowest BCUT2D eigenvalue weighted by atomic mass is 9.49. The molecule has 4 fully saturated rings. The fraction of sp³-hybridized carbons (Fsp3) is 0.833. The molecule has 0 atom stereocenters. The Morgan fingerprint density at radius 3 is 2.14 bits per heavy atom. The van der Waals surface area contributed by atoms with Crippen molar-refractivity contribution in [1.29, 1.82) is 0 Å². The second-order valence-corrected chi connectivity index (χ2v) is 9.34. The summed E-state index contributed by atoms with van der Waals surface area (Å²) in [5.41, 5.74) is 0.326. The number of hydrogen-bond donors (Lipinski definition) is 1. The SMILES string of the molecule is Cn1c(SCCCO)nnc1C12CC3CC(CC(C3)C1)C2.O=C([O-])C(F)(F)F. The molecule has 28 heavy (non-hydrogen) atoms. The molecular formula is C18H25F3N3O3S-. The zero-order chi connectivity index (χ0) is 20.5. The molecule has 4 aliphatic rings. The van der Waals surface area contributed by atoms with Gasteiger partial charge in [0.15, 0.2) is 5.16 Å². The van der Waals surface area contributed by atoms with Crippen molar-refractivity contribution in [2.45, 2.75) is 61.7 Å². The van der Waals surface area contributed by atoms with Gasteiger partial charge in [-0.1, -0.05) is 11.8 Å². The summed E-state index contributed by atoms with van der Waals surface area (Å²) in [6.45, 7) is 0.257. The molecule has 1 aromatic rings.